The number of carboxylic acid groups (broad SMARTS) is 1. The Morgan fingerprint density at radius 2 is 2.37 bits per heavy atom. The van der Waals surface area contributed by atoms with Gasteiger partial charge >= 0.3 is 5.97 Å². The summed E-state index contributed by atoms with van der Waals surface area (Å²) < 4.78 is 0. The molecule has 5 nitrogen and oxygen atoms in total. The fraction of sp³-hybridized carbons (Fsp3) is 0.462. The van der Waals surface area contributed by atoms with Crippen molar-refractivity contribution in [2.75, 3.05) is 6.54 Å². The van der Waals surface area contributed by atoms with Gasteiger partial charge in [0, 0.05) is 24.8 Å². The Morgan fingerprint density at radius 3 is 3.00 bits per heavy atom. The van der Waals surface area contributed by atoms with E-state index in [9.17, 15) is 9.59 Å². The number of thiazole rings is 1. The summed E-state index contributed by atoms with van der Waals surface area (Å²) in [6.45, 7) is 0.502. The Labute approximate surface area is 115 Å². The van der Waals surface area contributed by atoms with Crippen molar-refractivity contribution < 1.29 is 14.7 Å². The molecule has 2 N–H and O–H groups in total. The Morgan fingerprint density at radius 1 is 1.53 bits per heavy atom. The second-order valence-corrected chi connectivity index (χ2v) is 5.44. The second kappa shape index (κ2) is 6.47. The molecular formula is C13H16N2O3S. The number of carbonyl (C=O) groups is 2. The molecule has 0 bridgehead atoms. The molecule has 2 rings (SSSR count). The summed E-state index contributed by atoms with van der Waals surface area (Å²) in [4.78, 5) is 26.3. The van der Waals surface area contributed by atoms with Crippen molar-refractivity contribution in [1.29, 1.82) is 0 Å². The van der Waals surface area contributed by atoms with Crippen molar-refractivity contribution in [3.05, 3.63) is 28.2 Å². The molecule has 1 aromatic heterocycles. The monoisotopic (exact) mass is 280 g/mol. The molecular weight excluding hydrogens is 264 g/mol. The van der Waals surface area contributed by atoms with E-state index >= 15 is 0 Å². The van der Waals surface area contributed by atoms with Crippen LogP contribution in [0, 0.1) is 5.92 Å². The van der Waals surface area contributed by atoms with Crippen LogP contribution in [0.1, 0.15) is 34.8 Å². The standard InChI is InChI=1S/C13H16N2O3S/c16-11(7-9-3-1-2-4-9)14-6-5-12-15-10(8-19-12)13(17)18/h1,3,8-9H,2,4-7H2,(H,14,16)(H,17,18). The first-order chi connectivity index (χ1) is 9.15. The lowest BCUT2D eigenvalue weighted by atomic mass is 10.1. The van der Waals surface area contributed by atoms with Crippen LogP contribution in [0.4, 0.5) is 0 Å². The third-order valence-electron chi connectivity index (χ3n) is 2.99. The third kappa shape index (κ3) is 4.17. The summed E-state index contributed by atoms with van der Waals surface area (Å²) in [5.41, 5.74) is 0.0717. The lowest BCUT2D eigenvalue weighted by Gasteiger charge is -2.07. The first-order valence-corrected chi connectivity index (χ1v) is 7.14. The number of hydrogen-bond acceptors (Lipinski definition) is 4. The fourth-order valence-corrected chi connectivity index (χ4v) is 2.78. The molecule has 6 heteroatoms. The van der Waals surface area contributed by atoms with Crippen LogP contribution in [0.25, 0.3) is 0 Å². The van der Waals surface area contributed by atoms with Crippen LogP contribution in [0.5, 0.6) is 0 Å². The predicted molar refractivity (Wildman–Crippen MR) is 72.3 cm³/mol. The molecule has 1 aliphatic rings. The van der Waals surface area contributed by atoms with E-state index in [0.29, 0.717) is 25.3 Å². The SMILES string of the molecule is O=C(CC1C=CCC1)NCCc1nc(C(=O)O)cs1. The molecule has 0 saturated heterocycles. The molecule has 0 radical (unpaired) electrons. The maximum atomic E-state index is 11.6. The van der Waals surface area contributed by atoms with E-state index in [-0.39, 0.29) is 11.6 Å². The molecule has 1 unspecified atom stereocenters. The molecule has 0 saturated carbocycles. The van der Waals surface area contributed by atoms with Gasteiger partial charge in [0.2, 0.25) is 5.91 Å². The van der Waals surface area contributed by atoms with E-state index in [1.54, 1.807) is 0 Å². The van der Waals surface area contributed by atoms with Gasteiger partial charge in [-0.2, -0.15) is 0 Å². The number of hydrogen-bond donors (Lipinski definition) is 2. The quantitative estimate of drug-likeness (QED) is 0.779. The summed E-state index contributed by atoms with van der Waals surface area (Å²) >= 11 is 1.31. The van der Waals surface area contributed by atoms with Gasteiger partial charge in [-0.25, -0.2) is 9.78 Å². The van der Waals surface area contributed by atoms with Crippen LogP contribution in [0.15, 0.2) is 17.5 Å². The van der Waals surface area contributed by atoms with Crippen LogP contribution in [-0.4, -0.2) is 28.5 Å². The van der Waals surface area contributed by atoms with Gasteiger partial charge < -0.3 is 10.4 Å². The van der Waals surface area contributed by atoms with Crippen LogP contribution in [-0.2, 0) is 11.2 Å². The van der Waals surface area contributed by atoms with E-state index in [0.717, 1.165) is 17.8 Å². The number of carboxylic acids is 1. The van der Waals surface area contributed by atoms with Crippen LogP contribution in [0.3, 0.4) is 0 Å². The third-order valence-corrected chi connectivity index (χ3v) is 3.90. The highest BCUT2D eigenvalue weighted by molar-refractivity contribution is 7.09. The van der Waals surface area contributed by atoms with E-state index in [2.05, 4.69) is 22.5 Å². The fourth-order valence-electron chi connectivity index (χ4n) is 2.01. The number of amides is 1. The van der Waals surface area contributed by atoms with Gasteiger partial charge in [0.25, 0.3) is 0 Å². The van der Waals surface area contributed by atoms with Gasteiger partial charge in [-0.1, -0.05) is 12.2 Å². The number of aromatic carboxylic acids is 1. The number of allylic oxidation sites excluding steroid dienone is 2. The number of aromatic nitrogens is 1. The lowest BCUT2D eigenvalue weighted by molar-refractivity contribution is -0.121. The van der Waals surface area contributed by atoms with Gasteiger partial charge in [0.15, 0.2) is 5.69 Å². The molecule has 1 aromatic rings. The van der Waals surface area contributed by atoms with Crippen molar-refractivity contribution in [2.45, 2.75) is 25.7 Å². The maximum absolute atomic E-state index is 11.6. The Balaban J connectivity index is 1.69. The molecule has 1 atom stereocenters. The molecule has 1 aliphatic carbocycles. The first kappa shape index (κ1) is 13.7. The Kier molecular flexibility index (Phi) is 4.68. The van der Waals surface area contributed by atoms with E-state index < -0.39 is 5.97 Å². The molecule has 19 heavy (non-hydrogen) atoms. The summed E-state index contributed by atoms with van der Waals surface area (Å²) in [7, 11) is 0. The molecule has 0 spiro atoms. The van der Waals surface area contributed by atoms with Crippen LogP contribution in [0.2, 0.25) is 0 Å². The maximum Gasteiger partial charge on any atom is 0.355 e. The minimum Gasteiger partial charge on any atom is -0.476 e. The number of nitrogens with one attached hydrogen (secondary N) is 1. The van der Waals surface area contributed by atoms with Crippen molar-refractivity contribution >= 4 is 23.2 Å². The second-order valence-electron chi connectivity index (χ2n) is 4.50. The average molecular weight is 280 g/mol. The van der Waals surface area contributed by atoms with E-state index in [1.165, 1.54) is 16.7 Å². The minimum absolute atomic E-state index is 0.0477. The summed E-state index contributed by atoms with van der Waals surface area (Å²) in [5, 5.41) is 13.8. The van der Waals surface area contributed by atoms with Crippen LogP contribution < -0.4 is 5.32 Å². The van der Waals surface area contributed by atoms with Crippen molar-refractivity contribution in [3.8, 4) is 0 Å². The number of carbonyl (C=O) groups excluding carboxylic acids is 1. The van der Waals surface area contributed by atoms with E-state index in [4.69, 9.17) is 5.11 Å². The van der Waals surface area contributed by atoms with Crippen molar-refractivity contribution in [2.24, 2.45) is 5.92 Å². The minimum atomic E-state index is -1.01. The zero-order valence-electron chi connectivity index (χ0n) is 10.5. The first-order valence-electron chi connectivity index (χ1n) is 6.26. The topological polar surface area (TPSA) is 79.3 Å². The van der Waals surface area contributed by atoms with Crippen LogP contribution >= 0.6 is 11.3 Å². The van der Waals surface area contributed by atoms with Gasteiger partial charge in [0.1, 0.15) is 0 Å². The van der Waals surface area contributed by atoms with E-state index in [1.807, 2.05) is 0 Å². The van der Waals surface area contributed by atoms with Crippen molar-refractivity contribution in [3.63, 3.8) is 0 Å². The Bertz CT molecular complexity index is 496. The molecule has 1 amide bonds. The number of rotatable bonds is 6. The highest BCUT2D eigenvalue weighted by atomic mass is 32.1. The van der Waals surface area contributed by atoms with Gasteiger partial charge in [0.05, 0.1) is 5.01 Å². The predicted octanol–water partition coefficient (Wildman–Crippen LogP) is 1.86. The zero-order chi connectivity index (χ0) is 13.7. The normalized spacial score (nSPS) is 17.6. The molecule has 102 valence electrons. The summed E-state index contributed by atoms with van der Waals surface area (Å²) in [6, 6.07) is 0. The summed E-state index contributed by atoms with van der Waals surface area (Å²) in [6.07, 6.45) is 7.44. The Hall–Kier alpha value is -1.69. The smallest absolute Gasteiger partial charge is 0.355 e. The molecule has 0 fully saturated rings. The highest BCUT2D eigenvalue weighted by Crippen LogP contribution is 2.19. The lowest BCUT2D eigenvalue weighted by Crippen LogP contribution is -2.27. The average Bonchev–Trinajstić information content (AvgIpc) is 3.00. The molecule has 0 aliphatic heterocycles. The molecule has 1 heterocycles. The van der Waals surface area contributed by atoms with Gasteiger partial charge in [-0.15, -0.1) is 11.3 Å². The van der Waals surface area contributed by atoms with Crippen molar-refractivity contribution in [1.82, 2.24) is 10.3 Å². The summed E-state index contributed by atoms with van der Waals surface area (Å²) in [5.74, 6) is -0.593. The zero-order valence-corrected chi connectivity index (χ0v) is 11.3. The highest BCUT2D eigenvalue weighted by Gasteiger charge is 2.14. The van der Waals surface area contributed by atoms with Gasteiger partial charge in [-0.05, 0) is 18.8 Å². The largest absolute Gasteiger partial charge is 0.476 e. The number of nitrogens with zero attached hydrogens (tertiary/aromatic N) is 1. The van der Waals surface area contributed by atoms with Gasteiger partial charge in [-0.3, -0.25) is 4.79 Å². The molecule has 0 aromatic carbocycles.